The molecule has 10 heteroatoms. The van der Waals surface area contributed by atoms with Crippen LogP contribution < -0.4 is 5.32 Å². The van der Waals surface area contributed by atoms with E-state index in [2.05, 4.69) is 31.4 Å². The Morgan fingerprint density at radius 3 is 2.79 bits per heavy atom. The predicted molar refractivity (Wildman–Crippen MR) is 116 cm³/mol. The monoisotopic (exact) mass is 484 g/mol. The molecule has 0 unspecified atom stereocenters. The van der Waals surface area contributed by atoms with Crippen molar-refractivity contribution in [3.63, 3.8) is 0 Å². The van der Waals surface area contributed by atoms with Crippen LogP contribution in [0.15, 0.2) is 41.1 Å². The van der Waals surface area contributed by atoms with E-state index in [1.165, 1.54) is 6.07 Å². The Morgan fingerprint density at radius 1 is 1.32 bits per heavy atom. The van der Waals surface area contributed by atoms with E-state index in [9.17, 15) is 4.39 Å². The first-order chi connectivity index (χ1) is 13.4. The molecular weight excluding hydrogens is 467 g/mol. The van der Waals surface area contributed by atoms with E-state index in [0.29, 0.717) is 28.1 Å². The fourth-order valence-electron chi connectivity index (χ4n) is 2.57. The van der Waals surface area contributed by atoms with E-state index in [1.54, 1.807) is 29.1 Å². The SMILES string of the molecule is CCn1cc(Br)c(CN(C)C(=S)Nc2ccn(Cc3c(F)cccc3Cl)n2)n1. The molecule has 148 valence electrons. The number of hydrogen-bond acceptors (Lipinski definition) is 3. The molecule has 3 rings (SSSR count). The van der Waals surface area contributed by atoms with E-state index < -0.39 is 0 Å². The van der Waals surface area contributed by atoms with Crippen LogP contribution in [-0.4, -0.2) is 36.6 Å². The van der Waals surface area contributed by atoms with Gasteiger partial charge in [0.05, 0.1) is 23.3 Å². The zero-order chi connectivity index (χ0) is 20.3. The van der Waals surface area contributed by atoms with Crippen molar-refractivity contribution in [3.8, 4) is 0 Å². The number of nitrogens with zero attached hydrogens (tertiary/aromatic N) is 5. The number of aromatic nitrogens is 4. The second kappa shape index (κ2) is 9.02. The zero-order valence-electron chi connectivity index (χ0n) is 15.4. The van der Waals surface area contributed by atoms with Gasteiger partial charge >= 0.3 is 0 Å². The molecule has 1 aromatic carbocycles. The van der Waals surface area contributed by atoms with Crippen LogP contribution in [0.2, 0.25) is 5.02 Å². The number of rotatable bonds is 6. The van der Waals surface area contributed by atoms with Crippen molar-refractivity contribution < 1.29 is 4.39 Å². The van der Waals surface area contributed by atoms with Gasteiger partial charge in [0.15, 0.2) is 10.9 Å². The molecule has 0 saturated carbocycles. The molecule has 0 aliphatic carbocycles. The maximum atomic E-state index is 13.9. The number of thiocarbonyl (C=S) groups is 1. The summed E-state index contributed by atoms with van der Waals surface area (Å²) in [4.78, 5) is 1.87. The Labute approximate surface area is 181 Å². The van der Waals surface area contributed by atoms with Crippen molar-refractivity contribution in [1.29, 1.82) is 0 Å². The molecule has 28 heavy (non-hydrogen) atoms. The number of aryl methyl sites for hydroxylation is 1. The van der Waals surface area contributed by atoms with Crippen LogP contribution >= 0.6 is 39.7 Å². The lowest BCUT2D eigenvalue weighted by atomic mass is 10.2. The largest absolute Gasteiger partial charge is 0.346 e. The van der Waals surface area contributed by atoms with E-state index in [-0.39, 0.29) is 12.4 Å². The lowest BCUT2D eigenvalue weighted by Crippen LogP contribution is -2.31. The van der Waals surface area contributed by atoms with Crippen LogP contribution in [0.4, 0.5) is 10.2 Å². The molecule has 0 saturated heterocycles. The summed E-state index contributed by atoms with van der Waals surface area (Å²) in [6, 6.07) is 6.39. The fourth-order valence-corrected chi connectivity index (χ4v) is 3.40. The first-order valence-corrected chi connectivity index (χ1v) is 10.2. The summed E-state index contributed by atoms with van der Waals surface area (Å²) in [5.41, 5.74) is 1.29. The quantitative estimate of drug-likeness (QED) is 0.520. The summed E-state index contributed by atoms with van der Waals surface area (Å²) < 4.78 is 18.4. The molecule has 1 N–H and O–H groups in total. The predicted octanol–water partition coefficient (Wildman–Crippen LogP) is 4.53. The third-order valence-corrected chi connectivity index (χ3v) is 5.53. The van der Waals surface area contributed by atoms with E-state index in [4.69, 9.17) is 23.8 Å². The average molecular weight is 486 g/mol. The van der Waals surface area contributed by atoms with E-state index in [1.807, 2.05) is 29.7 Å². The number of hydrogen-bond donors (Lipinski definition) is 1. The zero-order valence-corrected chi connectivity index (χ0v) is 18.5. The topological polar surface area (TPSA) is 50.9 Å². The highest BCUT2D eigenvalue weighted by Gasteiger charge is 2.13. The number of anilines is 1. The minimum atomic E-state index is -0.357. The number of halogens is 3. The van der Waals surface area contributed by atoms with Gasteiger partial charge in [-0.2, -0.15) is 10.2 Å². The van der Waals surface area contributed by atoms with Crippen molar-refractivity contribution in [2.75, 3.05) is 12.4 Å². The van der Waals surface area contributed by atoms with Gasteiger partial charge in [-0.3, -0.25) is 9.36 Å². The van der Waals surface area contributed by atoms with Gasteiger partial charge in [-0.1, -0.05) is 17.7 Å². The molecule has 0 radical (unpaired) electrons. The number of benzene rings is 1. The van der Waals surface area contributed by atoms with Gasteiger partial charge < -0.3 is 10.2 Å². The van der Waals surface area contributed by atoms with Crippen LogP contribution in [0.5, 0.6) is 0 Å². The Kier molecular flexibility index (Phi) is 6.69. The Hall–Kier alpha value is -1.97. The maximum Gasteiger partial charge on any atom is 0.174 e. The van der Waals surface area contributed by atoms with Crippen LogP contribution in [0.1, 0.15) is 18.2 Å². The molecule has 0 amide bonds. The minimum absolute atomic E-state index is 0.233. The van der Waals surface area contributed by atoms with Gasteiger partial charge in [-0.25, -0.2) is 4.39 Å². The summed E-state index contributed by atoms with van der Waals surface area (Å²) in [7, 11) is 1.88. The summed E-state index contributed by atoms with van der Waals surface area (Å²) in [6.45, 7) is 3.61. The summed E-state index contributed by atoms with van der Waals surface area (Å²) in [5.74, 6) is 0.215. The second-order valence-corrected chi connectivity index (χ2v) is 7.81. The Bertz CT molecular complexity index is 968. The van der Waals surface area contributed by atoms with Crippen molar-refractivity contribution in [1.82, 2.24) is 24.5 Å². The molecule has 3 aromatic rings. The van der Waals surface area contributed by atoms with Crippen LogP contribution in [0, 0.1) is 5.82 Å². The Morgan fingerprint density at radius 2 is 2.11 bits per heavy atom. The Balaban J connectivity index is 1.62. The van der Waals surface area contributed by atoms with Crippen LogP contribution in [0.3, 0.4) is 0 Å². The standard InChI is InChI=1S/C18H19BrClFN6S/c1-3-26-10-13(19)16(23-26)11-25(2)18(28)22-17-7-8-27(24-17)9-12-14(20)5-4-6-15(12)21/h4-8,10H,3,9,11H2,1-2H3,(H,22,24,28). The van der Waals surface area contributed by atoms with E-state index >= 15 is 0 Å². The molecule has 6 nitrogen and oxygen atoms in total. The highest BCUT2D eigenvalue weighted by Crippen LogP contribution is 2.20. The number of nitrogens with one attached hydrogen (secondary N) is 1. The highest BCUT2D eigenvalue weighted by molar-refractivity contribution is 9.10. The molecule has 2 aromatic heterocycles. The van der Waals surface area contributed by atoms with Crippen LogP contribution in [0.25, 0.3) is 0 Å². The van der Waals surface area contributed by atoms with Crippen molar-refractivity contribution in [3.05, 3.63) is 63.2 Å². The van der Waals surface area contributed by atoms with E-state index in [0.717, 1.165) is 16.7 Å². The third-order valence-electron chi connectivity index (χ3n) is 4.10. The van der Waals surface area contributed by atoms with Gasteiger partial charge in [-0.05, 0) is 47.2 Å². The highest BCUT2D eigenvalue weighted by atomic mass is 79.9. The molecule has 0 aliphatic heterocycles. The normalized spacial score (nSPS) is 10.9. The molecule has 0 fully saturated rings. The average Bonchev–Trinajstić information content (AvgIpc) is 3.24. The molecule has 0 spiro atoms. The third kappa shape index (κ3) is 4.89. The summed E-state index contributed by atoms with van der Waals surface area (Å²) >= 11 is 15.0. The first kappa shape index (κ1) is 20.8. The smallest absolute Gasteiger partial charge is 0.174 e. The van der Waals surface area contributed by atoms with Crippen molar-refractivity contribution in [2.24, 2.45) is 0 Å². The first-order valence-electron chi connectivity index (χ1n) is 8.57. The molecule has 0 bridgehead atoms. The molecular formula is C18H19BrClFN6S. The molecule has 0 aliphatic rings. The lowest BCUT2D eigenvalue weighted by Gasteiger charge is -2.19. The summed E-state index contributed by atoms with van der Waals surface area (Å²) in [5, 5.41) is 12.9. The lowest BCUT2D eigenvalue weighted by molar-refractivity contribution is 0.491. The van der Waals surface area contributed by atoms with Crippen molar-refractivity contribution in [2.45, 2.75) is 26.6 Å². The van der Waals surface area contributed by atoms with Gasteiger partial charge in [0.1, 0.15) is 5.82 Å². The molecule has 2 heterocycles. The minimum Gasteiger partial charge on any atom is -0.346 e. The van der Waals surface area contributed by atoms with Gasteiger partial charge in [0, 0.05) is 42.6 Å². The van der Waals surface area contributed by atoms with Crippen molar-refractivity contribution >= 4 is 50.7 Å². The summed E-state index contributed by atoms with van der Waals surface area (Å²) in [6.07, 6.45) is 3.68. The van der Waals surface area contributed by atoms with Gasteiger partial charge in [0.25, 0.3) is 0 Å². The van der Waals surface area contributed by atoms with Crippen LogP contribution in [-0.2, 0) is 19.6 Å². The fraction of sp³-hybridized carbons (Fsp3) is 0.278. The maximum absolute atomic E-state index is 13.9. The second-order valence-electron chi connectivity index (χ2n) is 6.16. The van der Waals surface area contributed by atoms with Gasteiger partial charge in [-0.15, -0.1) is 0 Å². The molecule has 0 atom stereocenters. The van der Waals surface area contributed by atoms with Gasteiger partial charge in [0.2, 0.25) is 0 Å².